The molecule has 1 saturated carbocycles. The molecule has 0 radical (unpaired) electrons. The van der Waals surface area contributed by atoms with Gasteiger partial charge in [-0.15, -0.1) is 0 Å². The van der Waals surface area contributed by atoms with Gasteiger partial charge in [0, 0.05) is 6.54 Å². The first-order valence-corrected chi connectivity index (χ1v) is 7.75. The molecule has 17 heavy (non-hydrogen) atoms. The highest BCUT2D eigenvalue weighted by Crippen LogP contribution is 2.42. The van der Waals surface area contributed by atoms with Crippen LogP contribution in [0, 0.1) is 17.3 Å². The van der Waals surface area contributed by atoms with Gasteiger partial charge in [0.2, 0.25) is 0 Å². The maximum Gasteiger partial charge on any atom is 0.000792 e. The smallest absolute Gasteiger partial charge is 0.000792 e. The largest absolute Gasteiger partial charge is 0.316 e. The molecule has 0 saturated heterocycles. The maximum absolute atomic E-state index is 3.71. The van der Waals surface area contributed by atoms with Crippen molar-refractivity contribution in [1.82, 2.24) is 5.32 Å². The van der Waals surface area contributed by atoms with Gasteiger partial charge >= 0.3 is 0 Å². The van der Waals surface area contributed by atoms with Crippen LogP contribution in [0.4, 0.5) is 0 Å². The Hall–Kier alpha value is -0.0400. The quantitative estimate of drug-likeness (QED) is 0.652. The number of hydrogen-bond donors (Lipinski definition) is 1. The average molecular weight is 239 g/mol. The Morgan fingerprint density at radius 2 is 1.65 bits per heavy atom. The minimum absolute atomic E-state index is 0.657. The molecule has 1 aliphatic carbocycles. The Balaban J connectivity index is 2.29. The van der Waals surface area contributed by atoms with Gasteiger partial charge in [-0.2, -0.15) is 0 Å². The third-order valence-corrected chi connectivity index (χ3v) is 4.21. The highest BCUT2D eigenvalue weighted by atomic mass is 14.9. The summed E-state index contributed by atoms with van der Waals surface area (Å²) in [6.07, 6.45) is 10.2. The molecule has 1 nitrogen and oxygen atoms in total. The van der Waals surface area contributed by atoms with E-state index in [4.69, 9.17) is 0 Å². The van der Waals surface area contributed by atoms with Crippen LogP contribution < -0.4 is 5.32 Å². The van der Waals surface area contributed by atoms with Crippen molar-refractivity contribution in [3.63, 3.8) is 0 Å². The molecular weight excluding hydrogens is 206 g/mol. The number of hydrogen-bond acceptors (Lipinski definition) is 1. The van der Waals surface area contributed by atoms with E-state index < -0.39 is 0 Å². The summed E-state index contributed by atoms with van der Waals surface area (Å²) in [7, 11) is 0. The molecule has 0 unspecified atom stereocenters. The summed E-state index contributed by atoms with van der Waals surface area (Å²) in [5.74, 6) is 1.65. The first kappa shape index (κ1) is 15.0. The summed E-state index contributed by atoms with van der Waals surface area (Å²) in [6, 6.07) is 0. The molecule has 0 bridgehead atoms. The number of rotatable bonds is 8. The van der Waals surface area contributed by atoms with Crippen molar-refractivity contribution >= 4 is 0 Å². The maximum atomic E-state index is 3.71. The van der Waals surface area contributed by atoms with E-state index in [1.807, 2.05) is 0 Å². The Kier molecular flexibility index (Phi) is 6.54. The fourth-order valence-corrected chi connectivity index (χ4v) is 3.15. The fourth-order valence-electron chi connectivity index (χ4n) is 3.15. The van der Waals surface area contributed by atoms with Crippen LogP contribution in [-0.2, 0) is 0 Å². The third kappa shape index (κ3) is 5.90. The van der Waals surface area contributed by atoms with Crippen molar-refractivity contribution in [2.45, 2.75) is 72.6 Å². The molecule has 0 aromatic rings. The summed E-state index contributed by atoms with van der Waals surface area (Å²) in [6.45, 7) is 11.7. The molecule has 0 aromatic heterocycles. The SMILES string of the molecule is CC(C)CCCC1(CNCC(C)C)CCCC1. The van der Waals surface area contributed by atoms with Gasteiger partial charge in [-0.3, -0.25) is 0 Å². The highest BCUT2D eigenvalue weighted by molar-refractivity contribution is 4.86. The van der Waals surface area contributed by atoms with E-state index in [1.54, 1.807) is 0 Å². The zero-order valence-electron chi connectivity index (χ0n) is 12.5. The van der Waals surface area contributed by atoms with Gasteiger partial charge in [-0.25, -0.2) is 0 Å². The summed E-state index contributed by atoms with van der Waals surface area (Å²) in [5, 5.41) is 3.71. The molecule has 0 atom stereocenters. The minimum atomic E-state index is 0.657. The molecule has 0 heterocycles. The lowest BCUT2D eigenvalue weighted by Crippen LogP contribution is -2.34. The van der Waals surface area contributed by atoms with Crippen LogP contribution in [0.2, 0.25) is 0 Å². The molecule has 1 aliphatic rings. The second kappa shape index (κ2) is 7.41. The zero-order valence-corrected chi connectivity index (χ0v) is 12.5. The average Bonchev–Trinajstić information content (AvgIpc) is 2.66. The first-order valence-electron chi connectivity index (χ1n) is 7.75. The second-order valence-corrected chi connectivity index (χ2v) is 7.02. The lowest BCUT2D eigenvalue weighted by Gasteiger charge is -2.30. The van der Waals surface area contributed by atoms with Crippen molar-refractivity contribution in [3.8, 4) is 0 Å². The molecule has 102 valence electrons. The van der Waals surface area contributed by atoms with Crippen molar-refractivity contribution in [3.05, 3.63) is 0 Å². The monoisotopic (exact) mass is 239 g/mol. The van der Waals surface area contributed by atoms with E-state index in [2.05, 4.69) is 33.0 Å². The Bertz CT molecular complexity index is 174. The lowest BCUT2D eigenvalue weighted by atomic mass is 9.80. The Morgan fingerprint density at radius 3 is 2.18 bits per heavy atom. The predicted octanol–water partition coefficient (Wildman–Crippen LogP) is 4.62. The molecule has 0 spiro atoms. The molecule has 1 N–H and O–H groups in total. The third-order valence-electron chi connectivity index (χ3n) is 4.21. The molecule has 0 amide bonds. The standard InChI is InChI=1S/C16H33N/c1-14(2)8-7-11-16(9-5-6-10-16)13-17-12-15(3)4/h14-15,17H,5-13H2,1-4H3. The van der Waals surface area contributed by atoms with Gasteiger partial charge < -0.3 is 5.32 Å². The summed E-state index contributed by atoms with van der Waals surface area (Å²) < 4.78 is 0. The topological polar surface area (TPSA) is 12.0 Å². The van der Waals surface area contributed by atoms with Crippen molar-refractivity contribution in [2.75, 3.05) is 13.1 Å². The second-order valence-electron chi connectivity index (χ2n) is 7.02. The van der Waals surface area contributed by atoms with Gasteiger partial charge in [0.1, 0.15) is 0 Å². The van der Waals surface area contributed by atoms with Crippen LogP contribution in [0.5, 0.6) is 0 Å². The summed E-state index contributed by atoms with van der Waals surface area (Å²) in [5.41, 5.74) is 0.657. The van der Waals surface area contributed by atoms with Crippen LogP contribution in [-0.4, -0.2) is 13.1 Å². The van der Waals surface area contributed by atoms with E-state index in [0.29, 0.717) is 5.41 Å². The molecule has 1 rings (SSSR count). The van der Waals surface area contributed by atoms with Crippen molar-refractivity contribution in [2.24, 2.45) is 17.3 Å². The van der Waals surface area contributed by atoms with Crippen LogP contribution in [0.1, 0.15) is 72.6 Å². The Morgan fingerprint density at radius 1 is 1.00 bits per heavy atom. The summed E-state index contributed by atoms with van der Waals surface area (Å²) >= 11 is 0. The molecular formula is C16H33N. The molecule has 1 fully saturated rings. The van der Waals surface area contributed by atoms with E-state index in [9.17, 15) is 0 Å². The van der Waals surface area contributed by atoms with Gasteiger partial charge in [0.15, 0.2) is 0 Å². The van der Waals surface area contributed by atoms with E-state index >= 15 is 0 Å². The van der Waals surface area contributed by atoms with Gasteiger partial charge in [0.25, 0.3) is 0 Å². The predicted molar refractivity (Wildman–Crippen MR) is 77.3 cm³/mol. The molecule has 1 heteroatoms. The zero-order chi connectivity index (χ0) is 12.7. The van der Waals surface area contributed by atoms with Crippen LogP contribution in [0.15, 0.2) is 0 Å². The van der Waals surface area contributed by atoms with E-state index in [-0.39, 0.29) is 0 Å². The van der Waals surface area contributed by atoms with Crippen molar-refractivity contribution < 1.29 is 0 Å². The summed E-state index contributed by atoms with van der Waals surface area (Å²) in [4.78, 5) is 0. The van der Waals surface area contributed by atoms with Crippen LogP contribution in [0.25, 0.3) is 0 Å². The van der Waals surface area contributed by atoms with E-state index in [1.165, 1.54) is 58.0 Å². The Labute approximate surface area is 109 Å². The van der Waals surface area contributed by atoms with Crippen LogP contribution in [0.3, 0.4) is 0 Å². The van der Waals surface area contributed by atoms with Crippen molar-refractivity contribution in [1.29, 1.82) is 0 Å². The fraction of sp³-hybridized carbons (Fsp3) is 1.00. The first-order chi connectivity index (χ1) is 8.04. The lowest BCUT2D eigenvalue weighted by molar-refractivity contribution is 0.240. The van der Waals surface area contributed by atoms with Crippen LogP contribution >= 0.6 is 0 Å². The van der Waals surface area contributed by atoms with Gasteiger partial charge in [0.05, 0.1) is 0 Å². The molecule has 0 aliphatic heterocycles. The van der Waals surface area contributed by atoms with Gasteiger partial charge in [-0.05, 0) is 43.1 Å². The minimum Gasteiger partial charge on any atom is -0.316 e. The number of nitrogens with one attached hydrogen (secondary N) is 1. The van der Waals surface area contributed by atoms with Gasteiger partial charge in [-0.1, -0.05) is 53.4 Å². The highest BCUT2D eigenvalue weighted by Gasteiger charge is 2.32. The molecule has 0 aromatic carbocycles. The van der Waals surface area contributed by atoms with E-state index in [0.717, 1.165) is 11.8 Å². The normalized spacial score (nSPS) is 19.4.